The van der Waals surface area contributed by atoms with Gasteiger partial charge in [0.1, 0.15) is 14.2 Å². The van der Waals surface area contributed by atoms with Crippen molar-refractivity contribution >= 4 is 25.2 Å². The largest absolute Gasteiger partial charge is 0.380 e. The molecule has 8 heteroatoms. The molecule has 2 fully saturated rings. The van der Waals surface area contributed by atoms with Crippen LogP contribution in [0, 0.1) is 6.92 Å². The molecule has 0 radical (unpaired) electrons. The maximum atomic E-state index is 5.67. The van der Waals surface area contributed by atoms with E-state index in [0.29, 0.717) is 5.95 Å². The fourth-order valence-corrected chi connectivity index (χ4v) is 4.58. The Morgan fingerprint density at radius 1 is 1.03 bits per heavy atom. The maximum absolute atomic E-state index is 5.67. The zero-order chi connectivity index (χ0) is 21.3. The van der Waals surface area contributed by atoms with Crippen LogP contribution >= 0.6 is 0 Å². The Labute approximate surface area is 184 Å². The van der Waals surface area contributed by atoms with Crippen molar-refractivity contribution in [2.24, 2.45) is 0 Å². The number of nitrogens with one attached hydrogen (secondary N) is 1. The SMILES string of the molecule is BC1(N2CCN(c3cc(C)cc(Nc4ncn(-c5ccccc5)n4)c3)CC2)CCOC1. The first kappa shape index (κ1) is 20.1. The van der Waals surface area contributed by atoms with Gasteiger partial charge < -0.3 is 15.0 Å². The van der Waals surface area contributed by atoms with E-state index >= 15 is 0 Å². The van der Waals surface area contributed by atoms with Crippen LogP contribution in [0.1, 0.15) is 12.0 Å². The monoisotopic (exact) mass is 416 g/mol. The second-order valence-electron chi connectivity index (χ2n) is 8.80. The molecule has 2 saturated heterocycles. The highest BCUT2D eigenvalue weighted by Crippen LogP contribution is 2.28. The van der Waals surface area contributed by atoms with Crippen molar-refractivity contribution in [1.29, 1.82) is 0 Å². The summed E-state index contributed by atoms with van der Waals surface area (Å²) in [5.41, 5.74) is 4.68. The molecule has 1 aromatic heterocycles. The van der Waals surface area contributed by atoms with Gasteiger partial charge in [-0.25, -0.2) is 4.68 Å². The van der Waals surface area contributed by atoms with E-state index in [9.17, 15) is 0 Å². The summed E-state index contributed by atoms with van der Waals surface area (Å²) in [4.78, 5) is 9.51. The van der Waals surface area contributed by atoms with Gasteiger partial charge in [-0.15, -0.1) is 5.10 Å². The zero-order valence-electron chi connectivity index (χ0n) is 18.3. The van der Waals surface area contributed by atoms with Gasteiger partial charge in [-0.05, 0) is 49.2 Å². The van der Waals surface area contributed by atoms with E-state index in [1.807, 2.05) is 30.3 Å². The minimum absolute atomic E-state index is 0.203. The van der Waals surface area contributed by atoms with Crippen molar-refractivity contribution in [3.8, 4) is 5.69 Å². The number of rotatable bonds is 5. The number of hydrogen-bond acceptors (Lipinski definition) is 6. The number of aromatic nitrogens is 3. The summed E-state index contributed by atoms with van der Waals surface area (Å²) in [6.07, 6.45) is 2.87. The van der Waals surface area contributed by atoms with E-state index in [4.69, 9.17) is 4.74 Å². The van der Waals surface area contributed by atoms with Crippen LogP contribution in [0.4, 0.5) is 17.3 Å². The first-order valence-electron chi connectivity index (χ1n) is 11.0. The lowest BCUT2D eigenvalue weighted by Gasteiger charge is -2.44. The second kappa shape index (κ2) is 8.36. The van der Waals surface area contributed by atoms with Gasteiger partial charge >= 0.3 is 0 Å². The van der Waals surface area contributed by atoms with Crippen LogP contribution < -0.4 is 10.2 Å². The Kier molecular flexibility index (Phi) is 5.42. The number of hydrogen-bond donors (Lipinski definition) is 1. The molecule has 2 aliphatic rings. The number of benzene rings is 2. The molecule has 1 atom stereocenters. The van der Waals surface area contributed by atoms with Crippen LogP contribution in [0.25, 0.3) is 5.69 Å². The topological polar surface area (TPSA) is 58.5 Å². The van der Waals surface area contributed by atoms with Crippen molar-refractivity contribution in [2.75, 3.05) is 49.6 Å². The smallest absolute Gasteiger partial charge is 0.246 e. The molecule has 2 aliphatic heterocycles. The normalized spacial score (nSPS) is 22.0. The number of piperazine rings is 1. The van der Waals surface area contributed by atoms with Crippen molar-refractivity contribution in [3.63, 3.8) is 0 Å². The fourth-order valence-electron chi connectivity index (χ4n) is 4.58. The third-order valence-electron chi connectivity index (χ3n) is 6.44. The molecule has 7 nitrogen and oxygen atoms in total. The quantitative estimate of drug-likeness (QED) is 0.644. The molecule has 0 bridgehead atoms. The van der Waals surface area contributed by atoms with Gasteiger partial charge in [0.25, 0.3) is 0 Å². The number of nitrogens with zero attached hydrogens (tertiary/aromatic N) is 5. The molecule has 31 heavy (non-hydrogen) atoms. The molecule has 1 unspecified atom stereocenters. The highest BCUT2D eigenvalue weighted by atomic mass is 16.5. The lowest BCUT2D eigenvalue weighted by atomic mass is 9.75. The number of para-hydroxylation sites is 1. The third-order valence-corrected chi connectivity index (χ3v) is 6.44. The molecule has 3 aromatic rings. The van der Waals surface area contributed by atoms with E-state index in [0.717, 1.165) is 57.2 Å². The second-order valence-corrected chi connectivity index (χ2v) is 8.80. The van der Waals surface area contributed by atoms with Crippen LogP contribution in [0.3, 0.4) is 0 Å². The third kappa shape index (κ3) is 4.31. The van der Waals surface area contributed by atoms with Crippen LogP contribution in [0.5, 0.6) is 0 Å². The summed E-state index contributed by atoms with van der Waals surface area (Å²) in [5.74, 6) is 0.597. The molecule has 0 amide bonds. The molecule has 0 spiro atoms. The zero-order valence-corrected chi connectivity index (χ0v) is 18.3. The van der Waals surface area contributed by atoms with Gasteiger partial charge in [0, 0.05) is 49.6 Å². The minimum atomic E-state index is 0.203. The molecule has 1 N–H and O–H groups in total. The van der Waals surface area contributed by atoms with Crippen molar-refractivity contribution in [1.82, 2.24) is 19.7 Å². The Hall–Kier alpha value is -2.84. The van der Waals surface area contributed by atoms with Crippen LogP contribution in [-0.2, 0) is 4.74 Å². The summed E-state index contributed by atoms with van der Waals surface area (Å²) in [7, 11) is 2.34. The van der Waals surface area contributed by atoms with Crippen molar-refractivity contribution in [3.05, 3.63) is 60.4 Å². The first-order chi connectivity index (χ1) is 15.1. The number of aryl methyl sites for hydroxylation is 1. The molecule has 0 aliphatic carbocycles. The first-order valence-corrected chi connectivity index (χ1v) is 11.0. The van der Waals surface area contributed by atoms with E-state index in [1.165, 1.54) is 11.3 Å². The van der Waals surface area contributed by atoms with Crippen molar-refractivity contribution in [2.45, 2.75) is 18.8 Å². The Bertz CT molecular complexity index is 1030. The summed E-state index contributed by atoms with van der Waals surface area (Å²) >= 11 is 0. The lowest BCUT2D eigenvalue weighted by molar-refractivity contribution is 0.115. The lowest BCUT2D eigenvalue weighted by Crippen LogP contribution is -2.58. The van der Waals surface area contributed by atoms with Gasteiger partial charge in [-0.1, -0.05) is 18.2 Å². The molecule has 3 heterocycles. The van der Waals surface area contributed by atoms with Crippen LogP contribution in [0.15, 0.2) is 54.9 Å². The van der Waals surface area contributed by atoms with Gasteiger partial charge in [-0.3, -0.25) is 4.90 Å². The van der Waals surface area contributed by atoms with Gasteiger partial charge in [-0.2, -0.15) is 4.98 Å². The van der Waals surface area contributed by atoms with Crippen molar-refractivity contribution < 1.29 is 4.74 Å². The summed E-state index contributed by atoms with van der Waals surface area (Å²) in [6, 6.07) is 16.6. The highest BCUT2D eigenvalue weighted by molar-refractivity contribution is 6.15. The Morgan fingerprint density at radius 2 is 1.84 bits per heavy atom. The van der Waals surface area contributed by atoms with Gasteiger partial charge in [0.05, 0.1) is 12.3 Å². The molecule has 5 rings (SSSR count). The predicted molar refractivity (Wildman–Crippen MR) is 126 cm³/mol. The Morgan fingerprint density at radius 3 is 2.58 bits per heavy atom. The number of ether oxygens (including phenoxy) is 1. The fraction of sp³-hybridized carbons (Fsp3) is 0.391. The van der Waals surface area contributed by atoms with E-state index in [2.05, 4.69) is 58.2 Å². The highest BCUT2D eigenvalue weighted by Gasteiger charge is 2.37. The standard InChI is InChI=1S/C23H29BN6O/c1-18-13-19(26-22-25-17-30(27-22)20-5-3-2-4-6-20)15-21(14-18)28-8-10-29(11-9-28)23(24)7-12-31-16-23/h2-6,13-15,17H,7-12,16,24H2,1H3,(H,26,27). The average molecular weight is 416 g/mol. The summed E-state index contributed by atoms with van der Waals surface area (Å²) in [6.45, 7) is 8.07. The summed E-state index contributed by atoms with van der Waals surface area (Å²) in [5, 5.41) is 7.95. The minimum Gasteiger partial charge on any atom is -0.380 e. The molecule has 0 saturated carbocycles. The predicted octanol–water partition coefficient (Wildman–Crippen LogP) is 2.19. The van der Waals surface area contributed by atoms with Crippen LogP contribution in [-0.4, -0.2) is 72.3 Å². The van der Waals surface area contributed by atoms with Gasteiger partial charge in [0.2, 0.25) is 5.95 Å². The molecular formula is C23H29BN6O. The molecule has 160 valence electrons. The van der Waals surface area contributed by atoms with E-state index < -0.39 is 0 Å². The number of anilines is 3. The van der Waals surface area contributed by atoms with E-state index in [1.54, 1.807) is 11.0 Å². The summed E-state index contributed by atoms with van der Waals surface area (Å²) < 4.78 is 7.45. The molecular weight excluding hydrogens is 387 g/mol. The van der Waals surface area contributed by atoms with Crippen LogP contribution in [0.2, 0.25) is 0 Å². The molecule has 2 aromatic carbocycles. The maximum Gasteiger partial charge on any atom is 0.246 e. The van der Waals surface area contributed by atoms with E-state index in [-0.39, 0.29) is 5.44 Å². The Balaban J connectivity index is 1.27. The van der Waals surface area contributed by atoms with Gasteiger partial charge in [0.15, 0.2) is 0 Å². The average Bonchev–Trinajstić information content (AvgIpc) is 3.44.